The van der Waals surface area contributed by atoms with E-state index in [9.17, 15) is 4.79 Å². The Morgan fingerprint density at radius 1 is 1.31 bits per heavy atom. The van der Waals surface area contributed by atoms with Crippen LogP contribution in [-0.4, -0.2) is 17.9 Å². The summed E-state index contributed by atoms with van der Waals surface area (Å²) in [5.41, 5.74) is 0.449. The molecule has 0 radical (unpaired) electrons. The molecule has 1 saturated carbocycles. The number of carbonyl (C=O) groups excluding carboxylic acids is 1. The van der Waals surface area contributed by atoms with E-state index in [0.29, 0.717) is 11.6 Å². The quantitative estimate of drug-likeness (QED) is 0.731. The molecular weight excluding hydrogens is 202 g/mol. The van der Waals surface area contributed by atoms with Crippen LogP contribution in [0.3, 0.4) is 0 Å². The van der Waals surface area contributed by atoms with E-state index in [1.54, 1.807) is 18.3 Å². The molecule has 0 aromatic carbocycles. The van der Waals surface area contributed by atoms with Crippen LogP contribution in [0.25, 0.3) is 0 Å². The number of ether oxygens (including phenoxy) is 1. The largest absolute Gasteiger partial charge is 0.492 e. The van der Waals surface area contributed by atoms with E-state index >= 15 is 0 Å². The highest BCUT2D eigenvalue weighted by molar-refractivity contribution is 5.71. The van der Waals surface area contributed by atoms with Gasteiger partial charge in [-0.2, -0.15) is 0 Å². The molecule has 0 spiro atoms. The van der Waals surface area contributed by atoms with Crippen molar-refractivity contribution in [2.45, 2.75) is 32.1 Å². The molecule has 0 aliphatic heterocycles. The van der Waals surface area contributed by atoms with Gasteiger partial charge in [-0.25, -0.2) is 4.98 Å². The molecule has 1 aliphatic carbocycles. The summed E-state index contributed by atoms with van der Waals surface area (Å²) in [6.45, 7) is 0.780. The number of pyridine rings is 1. The summed E-state index contributed by atoms with van der Waals surface area (Å²) in [5.74, 6) is 1.45. The minimum atomic E-state index is 0.449. The number of carbonyl (C=O) groups is 1. The second-order valence-electron chi connectivity index (χ2n) is 4.35. The third-order valence-electron chi connectivity index (χ3n) is 3.09. The van der Waals surface area contributed by atoms with Crippen molar-refractivity contribution in [1.29, 1.82) is 0 Å². The predicted molar refractivity (Wildman–Crippen MR) is 61.7 cm³/mol. The highest BCUT2D eigenvalue weighted by atomic mass is 16.5. The van der Waals surface area contributed by atoms with Crippen molar-refractivity contribution >= 4 is 6.29 Å². The van der Waals surface area contributed by atoms with Crippen molar-refractivity contribution in [3.63, 3.8) is 0 Å². The van der Waals surface area contributed by atoms with E-state index in [1.165, 1.54) is 32.1 Å². The van der Waals surface area contributed by atoms with Gasteiger partial charge in [-0.15, -0.1) is 0 Å². The molecule has 0 saturated heterocycles. The predicted octanol–water partition coefficient (Wildman–Crippen LogP) is 2.85. The molecule has 1 aliphatic rings. The zero-order valence-corrected chi connectivity index (χ0v) is 9.39. The van der Waals surface area contributed by atoms with Crippen molar-refractivity contribution < 1.29 is 9.53 Å². The maximum atomic E-state index is 10.4. The molecular formula is C13H17NO2. The van der Waals surface area contributed by atoms with Crippen LogP contribution in [0.2, 0.25) is 0 Å². The minimum absolute atomic E-state index is 0.449. The summed E-state index contributed by atoms with van der Waals surface area (Å²) >= 11 is 0. The first kappa shape index (κ1) is 11.1. The van der Waals surface area contributed by atoms with Crippen LogP contribution in [0.5, 0.6) is 5.75 Å². The third-order valence-corrected chi connectivity index (χ3v) is 3.09. The first-order valence-electron chi connectivity index (χ1n) is 5.92. The number of aromatic nitrogens is 1. The fourth-order valence-corrected chi connectivity index (χ4v) is 2.11. The van der Waals surface area contributed by atoms with Crippen molar-refractivity contribution in [2.75, 3.05) is 6.61 Å². The number of rotatable bonds is 4. The third kappa shape index (κ3) is 3.05. The zero-order valence-electron chi connectivity index (χ0n) is 9.39. The van der Waals surface area contributed by atoms with Gasteiger partial charge in [0.1, 0.15) is 11.4 Å². The Bertz CT molecular complexity index is 328. The molecule has 1 fully saturated rings. The molecule has 1 heterocycles. The molecule has 0 atom stereocenters. The lowest BCUT2D eigenvalue weighted by Gasteiger charge is -2.21. The standard InChI is InChI=1S/C13H17NO2/c15-9-12-6-7-13(8-14-12)16-10-11-4-2-1-3-5-11/h6-9,11H,1-5,10H2. The molecule has 0 amide bonds. The topological polar surface area (TPSA) is 39.2 Å². The normalized spacial score (nSPS) is 17.0. The Hall–Kier alpha value is -1.38. The van der Waals surface area contributed by atoms with E-state index in [0.717, 1.165) is 18.6 Å². The van der Waals surface area contributed by atoms with Crippen LogP contribution in [0.4, 0.5) is 0 Å². The summed E-state index contributed by atoms with van der Waals surface area (Å²) in [7, 11) is 0. The zero-order chi connectivity index (χ0) is 11.2. The first-order valence-corrected chi connectivity index (χ1v) is 5.92. The van der Waals surface area contributed by atoms with Gasteiger partial charge in [-0.3, -0.25) is 4.79 Å². The molecule has 2 rings (SSSR count). The maximum absolute atomic E-state index is 10.4. The van der Waals surface area contributed by atoms with Gasteiger partial charge in [-0.05, 0) is 30.9 Å². The second-order valence-corrected chi connectivity index (χ2v) is 4.35. The molecule has 3 nitrogen and oxygen atoms in total. The SMILES string of the molecule is O=Cc1ccc(OCC2CCCCC2)cn1. The monoisotopic (exact) mass is 219 g/mol. The van der Waals surface area contributed by atoms with E-state index in [1.807, 2.05) is 0 Å². The number of hydrogen-bond acceptors (Lipinski definition) is 3. The van der Waals surface area contributed by atoms with E-state index in [-0.39, 0.29) is 0 Å². The van der Waals surface area contributed by atoms with Crippen LogP contribution >= 0.6 is 0 Å². The molecule has 86 valence electrons. The van der Waals surface area contributed by atoms with Crippen LogP contribution in [-0.2, 0) is 0 Å². The van der Waals surface area contributed by atoms with E-state index < -0.39 is 0 Å². The summed E-state index contributed by atoms with van der Waals surface area (Å²) in [4.78, 5) is 14.4. The molecule has 1 aromatic heterocycles. The lowest BCUT2D eigenvalue weighted by Crippen LogP contribution is -2.15. The van der Waals surface area contributed by atoms with Crippen molar-refractivity contribution in [3.8, 4) is 5.75 Å². The highest BCUT2D eigenvalue weighted by Gasteiger charge is 2.13. The van der Waals surface area contributed by atoms with Gasteiger partial charge in [-0.1, -0.05) is 19.3 Å². The lowest BCUT2D eigenvalue weighted by atomic mass is 9.90. The smallest absolute Gasteiger partial charge is 0.168 e. The van der Waals surface area contributed by atoms with Crippen LogP contribution < -0.4 is 4.74 Å². The number of aldehydes is 1. The van der Waals surface area contributed by atoms with Crippen molar-refractivity contribution in [3.05, 3.63) is 24.0 Å². The van der Waals surface area contributed by atoms with Crippen molar-refractivity contribution in [2.24, 2.45) is 5.92 Å². The Balaban J connectivity index is 1.81. The lowest BCUT2D eigenvalue weighted by molar-refractivity contribution is 0.111. The molecule has 1 aromatic rings. The number of hydrogen-bond donors (Lipinski definition) is 0. The summed E-state index contributed by atoms with van der Waals surface area (Å²) in [5, 5.41) is 0. The van der Waals surface area contributed by atoms with Gasteiger partial charge in [0, 0.05) is 0 Å². The Kier molecular flexibility index (Phi) is 3.91. The summed E-state index contributed by atoms with van der Waals surface area (Å²) in [6, 6.07) is 3.49. The highest BCUT2D eigenvalue weighted by Crippen LogP contribution is 2.24. The van der Waals surface area contributed by atoms with Crippen LogP contribution in [0.15, 0.2) is 18.3 Å². The van der Waals surface area contributed by atoms with Crippen LogP contribution in [0, 0.1) is 5.92 Å². The van der Waals surface area contributed by atoms with Gasteiger partial charge in [0.25, 0.3) is 0 Å². The molecule has 16 heavy (non-hydrogen) atoms. The average Bonchev–Trinajstić information content (AvgIpc) is 2.38. The van der Waals surface area contributed by atoms with Gasteiger partial charge in [0.05, 0.1) is 12.8 Å². The summed E-state index contributed by atoms with van der Waals surface area (Å²) in [6.07, 6.45) is 8.94. The van der Waals surface area contributed by atoms with Crippen LogP contribution in [0.1, 0.15) is 42.6 Å². The first-order chi connectivity index (χ1) is 7.88. The fraction of sp³-hybridized carbons (Fsp3) is 0.538. The van der Waals surface area contributed by atoms with E-state index in [4.69, 9.17) is 4.74 Å². The molecule has 3 heteroatoms. The minimum Gasteiger partial charge on any atom is -0.492 e. The van der Waals surface area contributed by atoms with Crippen molar-refractivity contribution in [1.82, 2.24) is 4.98 Å². The van der Waals surface area contributed by atoms with Gasteiger partial charge in [0.15, 0.2) is 6.29 Å². The average molecular weight is 219 g/mol. The fourth-order valence-electron chi connectivity index (χ4n) is 2.11. The van der Waals surface area contributed by atoms with Gasteiger partial charge < -0.3 is 4.74 Å². The second kappa shape index (κ2) is 5.64. The maximum Gasteiger partial charge on any atom is 0.168 e. The molecule has 0 N–H and O–H groups in total. The van der Waals surface area contributed by atoms with Gasteiger partial charge in [0.2, 0.25) is 0 Å². The van der Waals surface area contributed by atoms with Gasteiger partial charge >= 0.3 is 0 Å². The number of nitrogens with zero attached hydrogens (tertiary/aromatic N) is 1. The molecule has 0 bridgehead atoms. The Morgan fingerprint density at radius 3 is 2.75 bits per heavy atom. The van der Waals surface area contributed by atoms with E-state index in [2.05, 4.69) is 4.98 Å². The Morgan fingerprint density at radius 2 is 2.12 bits per heavy atom. The summed E-state index contributed by atoms with van der Waals surface area (Å²) < 4.78 is 5.67. The molecule has 0 unspecified atom stereocenters. The Labute approximate surface area is 95.8 Å².